The van der Waals surface area contributed by atoms with Crippen LogP contribution in [0.1, 0.15) is 58.3 Å². The maximum atomic E-state index is 6.02. The van der Waals surface area contributed by atoms with E-state index in [1.54, 1.807) is 0 Å². The monoisotopic (exact) mass is 529 g/mol. The van der Waals surface area contributed by atoms with Crippen LogP contribution >= 0.6 is 24.0 Å². The number of pyridine rings is 1. The van der Waals surface area contributed by atoms with Crippen LogP contribution in [0.15, 0.2) is 29.4 Å². The van der Waals surface area contributed by atoms with Crippen molar-refractivity contribution in [3.8, 4) is 0 Å². The third-order valence-corrected chi connectivity index (χ3v) is 5.86. The summed E-state index contributed by atoms with van der Waals surface area (Å²) in [6.07, 6.45) is 12.5. The van der Waals surface area contributed by atoms with Gasteiger partial charge in [-0.2, -0.15) is 0 Å². The van der Waals surface area contributed by atoms with E-state index in [1.165, 1.54) is 38.5 Å². The molecular formula is C23H40IN5O. The lowest BCUT2D eigenvalue weighted by molar-refractivity contribution is 0.0264. The predicted molar refractivity (Wildman–Crippen MR) is 136 cm³/mol. The molecule has 0 amide bonds. The highest BCUT2D eigenvalue weighted by Gasteiger charge is 2.20. The number of guanidine groups is 1. The lowest BCUT2D eigenvalue weighted by atomic mass is 9.98. The Morgan fingerprint density at radius 3 is 2.60 bits per heavy atom. The molecule has 170 valence electrons. The van der Waals surface area contributed by atoms with Gasteiger partial charge in [0.2, 0.25) is 0 Å². The van der Waals surface area contributed by atoms with Gasteiger partial charge in [0, 0.05) is 52.1 Å². The summed E-state index contributed by atoms with van der Waals surface area (Å²) in [5, 5.41) is 3.47. The summed E-state index contributed by atoms with van der Waals surface area (Å²) < 4.78 is 6.02. The first kappa shape index (κ1) is 25.2. The minimum atomic E-state index is 0. The molecule has 2 heterocycles. The van der Waals surface area contributed by atoms with Gasteiger partial charge in [-0.1, -0.05) is 25.3 Å². The third kappa shape index (κ3) is 8.57. The maximum Gasteiger partial charge on any atom is 0.194 e. The molecule has 0 radical (unpaired) electrons. The largest absolute Gasteiger partial charge is 0.378 e. The van der Waals surface area contributed by atoms with Crippen LogP contribution in [-0.4, -0.2) is 67.8 Å². The normalized spacial score (nSPS) is 18.2. The topological polar surface area (TPSA) is 53.0 Å². The standard InChI is InChI=1S/C23H39N5O.HI/c1-2-24-23(26-15-8-4-10-20-29-21-11-5-3-6-12-21)28-18-16-27(17-19-28)22-13-7-9-14-25-22;/h7,9,13-14,21H,2-6,8,10-12,15-20H2,1H3,(H,24,26);1H. The first-order valence-corrected chi connectivity index (χ1v) is 11.7. The lowest BCUT2D eigenvalue weighted by Gasteiger charge is -2.37. The summed E-state index contributed by atoms with van der Waals surface area (Å²) in [4.78, 5) is 14.1. The fourth-order valence-electron chi connectivity index (χ4n) is 4.17. The van der Waals surface area contributed by atoms with E-state index in [-0.39, 0.29) is 24.0 Å². The van der Waals surface area contributed by atoms with Crippen LogP contribution in [-0.2, 0) is 4.74 Å². The Kier molecular flexibility index (Phi) is 12.4. The highest BCUT2D eigenvalue weighted by atomic mass is 127. The van der Waals surface area contributed by atoms with E-state index in [0.29, 0.717) is 6.10 Å². The molecule has 6 nitrogen and oxygen atoms in total. The molecule has 0 bridgehead atoms. The highest BCUT2D eigenvalue weighted by Crippen LogP contribution is 2.20. The number of piperazine rings is 1. The smallest absolute Gasteiger partial charge is 0.194 e. The van der Waals surface area contributed by atoms with Crippen LogP contribution in [0.25, 0.3) is 0 Å². The maximum absolute atomic E-state index is 6.02. The van der Waals surface area contributed by atoms with Gasteiger partial charge in [-0.05, 0) is 51.2 Å². The summed E-state index contributed by atoms with van der Waals surface area (Å²) in [5.74, 6) is 2.14. The Morgan fingerprint density at radius 1 is 1.10 bits per heavy atom. The van der Waals surface area contributed by atoms with Gasteiger partial charge in [0.15, 0.2) is 5.96 Å². The molecule has 30 heavy (non-hydrogen) atoms. The van der Waals surface area contributed by atoms with E-state index >= 15 is 0 Å². The Morgan fingerprint density at radius 2 is 1.90 bits per heavy atom. The van der Waals surface area contributed by atoms with E-state index in [4.69, 9.17) is 9.73 Å². The fraction of sp³-hybridized carbons (Fsp3) is 0.739. The number of rotatable bonds is 9. The second-order valence-corrected chi connectivity index (χ2v) is 8.09. The van der Waals surface area contributed by atoms with E-state index in [2.05, 4.69) is 39.2 Å². The summed E-state index contributed by atoms with van der Waals surface area (Å²) in [5.41, 5.74) is 0. The molecule has 0 unspecified atom stereocenters. The van der Waals surface area contributed by atoms with Gasteiger partial charge in [-0.25, -0.2) is 4.98 Å². The predicted octanol–water partition coefficient (Wildman–Crippen LogP) is 4.31. The second kappa shape index (κ2) is 14.8. The van der Waals surface area contributed by atoms with E-state index < -0.39 is 0 Å². The summed E-state index contributed by atoms with van der Waals surface area (Å²) >= 11 is 0. The van der Waals surface area contributed by atoms with Crippen molar-refractivity contribution < 1.29 is 4.74 Å². The quantitative estimate of drug-likeness (QED) is 0.224. The Labute approximate surface area is 199 Å². The van der Waals surface area contributed by atoms with Crippen molar-refractivity contribution in [2.24, 2.45) is 4.99 Å². The SMILES string of the molecule is CCNC(=NCCCCCOC1CCCCC1)N1CCN(c2ccccn2)CC1.I. The number of ether oxygens (including phenoxy) is 1. The van der Waals surface area contributed by atoms with Crippen LogP contribution < -0.4 is 10.2 Å². The summed E-state index contributed by atoms with van der Waals surface area (Å²) in [6.45, 7) is 8.81. The van der Waals surface area contributed by atoms with Crippen LogP contribution in [0.4, 0.5) is 5.82 Å². The zero-order chi connectivity index (χ0) is 20.2. The molecule has 1 aromatic rings. The van der Waals surface area contributed by atoms with Crippen LogP contribution in [0.3, 0.4) is 0 Å². The van der Waals surface area contributed by atoms with Gasteiger partial charge < -0.3 is 19.9 Å². The van der Waals surface area contributed by atoms with Crippen LogP contribution in [0.5, 0.6) is 0 Å². The Bertz CT molecular complexity index is 587. The Balaban J connectivity index is 0.00000320. The minimum absolute atomic E-state index is 0. The van der Waals surface area contributed by atoms with Crippen molar-refractivity contribution in [1.29, 1.82) is 0 Å². The highest BCUT2D eigenvalue weighted by molar-refractivity contribution is 14.0. The molecule has 1 N–H and O–H groups in total. The fourth-order valence-corrected chi connectivity index (χ4v) is 4.17. The van der Waals surface area contributed by atoms with Gasteiger partial charge in [0.05, 0.1) is 6.10 Å². The van der Waals surface area contributed by atoms with E-state index in [1.807, 2.05) is 12.3 Å². The molecule has 1 saturated carbocycles. The number of aromatic nitrogens is 1. The van der Waals surface area contributed by atoms with Crippen molar-refractivity contribution >= 4 is 35.8 Å². The van der Waals surface area contributed by atoms with E-state index in [9.17, 15) is 0 Å². The molecule has 3 rings (SSSR count). The number of nitrogens with zero attached hydrogens (tertiary/aromatic N) is 4. The Hall–Kier alpha value is -1.09. The number of halogens is 1. The molecule has 1 aliphatic carbocycles. The third-order valence-electron chi connectivity index (χ3n) is 5.86. The molecule has 1 aromatic heterocycles. The first-order valence-electron chi connectivity index (χ1n) is 11.7. The summed E-state index contributed by atoms with van der Waals surface area (Å²) in [7, 11) is 0. The number of unbranched alkanes of at least 4 members (excludes halogenated alkanes) is 2. The molecule has 1 saturated heterocycles. The number of hydrogen-bond acceptors (Lipinski definition) is 4. The minimum Gasteiger partial charge on any atom is -0.378 e. The molecule has 0 spiro atoms. The molecule has 7 heteroatoms. The number of hydrogen-bond donors (Lipinski definition) is 1. The van der Waals surface area contributed by atoms with Gasteiger partial charge >= 0.3 is 0 Å². The number of aliphatic imine (C=N–C) groups is 1. The van der Waals surface area contributed by atoms with Gasteiger partial charge in [0.25, 0.3) is 0 Å². The first-order chi connectivity index (χ1) is 14.4. The van der Waals surface area contributed by atoms with Gasteiger partial charge in [-0.15, -0.1) is 24.0 Å². The zero-order valence-electron chi connectivity index (χ0n) is 18.6. The zero-order valence-corrected chi connectivity index (χ0v) is 20.9. The van der Waals surface area contributed by atoms with E-state index in [0.717, 1.165) is 70.5 Å². The summed E-state index contributed by atoms with van der Waals surface area (Å²) in [6, 6.07) is 6.12. The lowest BCUT2D eigenvalue weighted by Crippen LogP contribution is -2.52. The van der Waals surface area contributed by atoms with Crippen molar-refractivity contribution in [3.63, 3.8) is 0 Å². The molecule has 1 aliphatic heterocycles. The molecular weight excluding hydrogens is 489 g/mol. The molecule has 2 aliphatic rings. The number of anilines is 1. The van der Waals surface area contributed by atoms with Gasteiger partial charge in [-0.3, -0.25) is 4.99 Å². The van der Waals surface area contributed by atoms with Crippen molar-refractivity contribution in [3.05, 3.63) is 24.4 Å². The average molecular weight is 530 g/mol. The van der Waals surface area contributed by atoms with Crippen molar-refractivity contribution in [2.75, 3.05) is 50.8 Å². The molecule has 0 atom stereocenters. The van der Waals surface area contributed by atoms with Crippen molar-refractivity contribution in [1.82, 2.24) is 15.2 Å². The van der Waals surface area contributed by atoms with Crippen molar-refractivity contribution in [2.45, 2.75) is 64.4 Å². The average Bonchev–Trinajstić information content (AvgIpc) is 2.79. The second-order valence-electron chi connectivity index (χ2n) is 8.09. The van der Waals surface area contributed by atoms with Gasteiger partial charge in [0.1, 0.15) is 5.82 Å². The molecule has 0 aromatic carbocycles. The van der Waals surface area contributed by atoms with Crippen LogP contribution in [0.2, 0.25) is 0 Å². The number of nitrogens with one attached hydrogen (secondary N) is 1. The molecule has 2 fully saturated rings. The van der Waals surface area contributed by atoms with Crippen LogP contribution in [0, 0.1) is 0 Å².